The quantitative estimate of drug-likeness (QED) is 0.675. The van der Waals surface area contributed by atoms with Crippen molar-refractivity contribution in [1.82, 2.24) is 14.1 Å². The number of halogens is 1. The van der Waals surface area contributed by atoms with Gasteiger partial charge in [-0.05, 0) is 37.0 Å². The molecule has 0 spiro atoms. The number of sulfonamides is 1. The van der Waals surface area contributed by atoms with Crippen molar-refractivity contribution in [3.8, 4) is 0 Å². The number of hydrogen-bond donors (Lipinski definition) is 0. The molecule has 0 bridgehead atoms. The molecule has 2 fully saturated rings. The Morgan fingerprint density at radius 2 is 1.63 bits per heavy atom. The fourth-order valence-corrected chi connectivity index (χ4v) is 5.88. The third-order valence-corrected chi connectivity index (χ3v) is 7.85. The third kappa shape index (κ3) is 5.37. The van der Waals surface area contributed by atoms with Crippen LogP contribution in [0.1, 0.15) is 38.2 Å². The summed E-state index contributed by atoms with van der Waals surface area (Å²) < 4.78 is 39.6. The Morgan fingerprint density at radius 3 is 2.27 bits per heavy atom. The zero-order valence-electron chi connectivity index (χ0n) is 17.4. The summed E-state index contributed by atoms with van der Waals surface area (Å²) in [6.45, 7) is 3.84. The van der Waals surface area contributed by atoms with Crippen LogP contribution in [0, 0.1) is 5.82 Å². The number of piperazine rings is 1. The highest BCUT2D eigenvalue weighted by atomic mass is 32.2. The molecule has 0 aromatic heterocycles. The van der Waals surface area contributed by atoms with Gasteiger partial charge in [0.25, 0.3) is 0 Å². The van der Waals surface area contributed by atoms with Gasteiger partial charge in [0, 0.05) is 32.7 Å². The second-order valence-corrected chi connectivity index (χ2v) is 9.99. The number of benzene rings is 1. The topological polar surface area (TPSA) is 78.0 Å². The first-order valence-electron chi connectivity index (χ1n) is 10.6. The van der Waals surface area contributed by atoms with E-state index in [1.807, 2.05) is 6.92 Å². The van der Waals surface area contributed by atoms with Crippen LogP contribution < -0.4 is 0 Å². The minimum Gasteiger partial charge on any atom is -0.339 e. The molecular weight excluding hydrogens is 409 g/mol. The maximum absolute atomic E-state index is 13.1. The van der Waals surface area contributed by atoms with Crippen molar-refractivity contribution in [1.29, 1.82) is 0 Å². The molecular formula is C21H30FN3O4S. The molecule has 166 valence electrons. The maximum atomic E-state index is 13.1. The monoisotopic (exact) mass is 439 g/mol. The average Bonchev–Trinajstić information content (AvgIpc) is 2.75. The largest absolute Gasteiger partial charge is 0.339 e. The molecule has 2 saturated heterocycles. The van der Waals surface area contributed by atoms with Crippen LogP contribution in [0.3, 0.4) is 0 Å². The van der Waals surface area contributed by atoms with E-state index >= 15 is 0 Å². The van der Waals surface area contributed by atoms with Gasteiger partial charge in [0.2, 0.25) is 21.8 Å². The van der Waals surface area contributed by atoms with Gasteiger partial charge in [0.1, 0.15) is 11.9 Å². The van der Waals surface area contributed by atoms with Gasteiger partial charge in [-0.2, -0.15) is 4.31 Å². The maximum Gasteiger partial charge on any atom is 0.241 e. The lowest BCUT2D eigenvalue weighted by molar-refractivity contribution is -0.142. The van der Waals surface area contributed by atoms with Crippen LogP contribution in [-0.4, -0.2) is 78.9 Å². The summed E-state index contributed by atoms with van der Waals surface area (Å²) in [6, 6.07) is 5.24. The summed E-state index contributed by atoms with van der Waals surface area (Å²) in [7, 11) is -3.43. The fourth-order valence-electron chi connectivity index (χ4n) is 4.14. The summed E-state index contributed by atoms with van der Waals surface area (Å²) in [5.41, 5.74) is 0.749. The molecule has 0 saturated carbocycles. The molecule has 3 rings (SSSR count). The van der Waals surface area contributed by atoms with Crippen LogP contribution in [-0.2, 0) is 26.0 Å². The van der Waals surface area contributed by atoms with Crippen molar-refractivity contribution in [2.45, 2.75) is 45.1 Å². The van der Waals surface area contributed by atoms with Crippen LogP contribution in [0.25, 0.3) is 0 Å². The molecule has 0 aliphatic carbocycles. The van der Waals surface area contributed by atoms with Crippen molar-refractivity contribution < 1.29 is 22.4 Å². The van der Waals surface area contributed by atoms with Crippen LogP contribution in [0.2, 0.25) is 0 Å². The summed E-state index contributed by atoms with van der Waals surface area (Å²) >= 11 is 0. The Bertz CT molecular complexity index is 852. The zero-order valence-corrected chi connectivity index (χ0v) is 18.2. The van der Waals surface area contributed by atoms with Gasteiger partial charge in [-0.1, -0.05) is 25.5 Å². The van der Waals surface area contributed by atoms with Gasteiger partial charge < -0.3 is 9.80 Å². The van der Waals surface area contributed by atoms with E-state index in [4.69, 9.17) is 0 Å². The van der Waals surface area contributed by atoms with Gasteiger partial charge in [0.05, 0.1) is 12.2 Å². The highest BCUT2D eigenvalue weighted by Crippen LogP contribution is 2.23. The summed E-state index contributed by atoms with van der Waals surface area (Å²) in [5, 5.41) is 0. The first-order chi connectivity index (χ1) is 14.3. The zero-order chi connectivity index (χ0) is 21.7. The molecule has 1 aromatic carbocycles. The SMILES string of the molecule is CCCS(=O)(=O)N1CCCCC1C(=O)N1CCN(C(=O)Cc2ccc(F)cc2)CC1. The summed E-state index contributed by atoms with van der Waals surface area (Å²) in [4.78, 5) is 29.0. The Labute approximate surface area is 177 Å². The molecule has 9 heteroatoms. The van der Waals surface area contributed by atoms with Crippen LogP contribution in [0.5, 0.6) is 0 Å². The highest BCUT2D eigenvalue weighted by molar-refractivity contribution is 7.89. The standard InChI is InChI=1S/C21H30FN3O4S/c1-2-15-30(28,29)25-10-4-3-5-19(25)21(27)24-13-11-23(12-14-24)20(26)16-17-6-8-18(22)9-7-17/h6-9,19H,2-5,10-16H2,1H3. The Morgan fingerprint density at radius 1 is 1.00 bits per heavy atom. The first kappa shape index (κ1) is 22.7. The molecule has 0 radical (unpaired) electrons. The number of nitrogens with zero attached hydrogens (tertiary/aromatic N) is 3. The molecule has 30 heavy (non-hydrogen) atoms. The van der Waals surface area contributed by atoms with Crippen molar-refractivity contribution in [3.05, 3.63) is 35.6 Å². The number of carbonyl (C=O) groups excluding carboxylic acids is 2. The van der Waals surface area contributed by atoms with Crippen molar-refractivity contribution in [2.24, 2.45) is 0 Å². The Hall–Kier alpha value is -2.00. The molecule has 2 aliphatic heterocycles. The number of carbonyl (C=O) groups is 2. The molecule has 2 amide bonds. The van der Waals surface area contributed by atoms with Crippen molar-refractivity contribution >= 4 is 21.8 Å². The van der Waals surface area contributed by atoms with Crippen molar-refractivity contribution in [3.63, 3.8) is 0 Å². The predicted octanol–water partition coefficient (Wildman–Crippen LogP) is 1.63. The van der Waals surface area contributed by atoms with E-state index in [0.29, 0.717) is 45.6 Å². The normalized spacial score (nSPS) is 20.9. The van der Waals surface area contributed by atoms with Gasteiger partial charge >= 0.3 is 0 Å². The van der Waals surface area contributed by atoms with E-state index in [-0.39, 0.29) is 29.8 Å². The molecule has 2 heterocycles. The molecule has 0 N–H and O–H groups in total. The Balaban J connectivity index is 1.57. The summed E-state index contributed by atoms with van der Waals surface area (Å²) in [6.07, 6.45) is 2.88. The molecule has 1 atom stereocenters. The van der Waals surface area contributed by atoms with E-state index in [1.165, 1.54) is 16.4 Å². The second kappa shape index (κ2) is 9.87. The number of amides is 2. The minimum absolute atomic E-state index is 0.0569. The van der Waals surface area contributed by atoms with E-state index in [2.05, 4.69) is 0 Å². The Kier molecular flexibility index (Phi) is 7.46. The summed E-state index contributed by atoms with van der Waals surface area (Å²) in [5.74, 6) is -0.489. The van der Waals surface area contributed by atoms with Crippen LogP contribution in [0.15, 0.2) is 24.3 Å². The van der Waals surface area contributed by atoms with E-state index < -0.39 is 16.1 Å². The van der Waals surface area contributed by atoms with E-state index in [0.717, 1.165) is 18.4 Å². The van der Waals surface area contributed by atoms with Crippen LogP contribution in [0.4, 0.5) is 4.39 Å². The van der Waals surface area contributed by atoms with Gasteiger partial charge in [-0.25, -0.2) is 12.8 Å². The fraction of sp³-hybridized carbons (Fsp3) is 0.619. The lowest BCUT2D eigenvalue weighted by Crippen LogP contribution is -2.58. The third-order valence-electron chi connectivity index (χ3n) is 5.77. The second-order valence-electron chi connectivity index (χ2n) is 7.95. The lowest BCUT2D eigenvalue weighted by atomic mass is 10.0. The van der Waals surface area contributed by atoms with Crippen molar-refractivity contribution in [2.75, 3.05) is 38.5 Å². The number of rotatable bonds is 6. The van der Waals surface area contributed by atoms with Gasteiger partial charge in [-0.15, -0.1) is 0 Å². The lowest BCUT2D eigenvalue weighted by Gasteiger charge is -2.40. The molecule has 1 aromatic rings. The number of hydrogen-bond acceptors (Lipinski definition) is 4. The minimum atomic E-state index is -3.43. The van der Waals surface area contributed by atoms with E-state index in [1.54, 1.807) is 21.9 Å². The number of piperidine rings is 1. The first-order valence-corrected chi connectivity index (χ1v) is 12.2. The average molecular weight is 440 g/mol. The highest BCUT2D eigenvalue weighted by Gasteiger charge is 2.39. The van der Waals surface area contributed by atoms with Gasteiger partial charge in [0.15, 0.2) is 0 Å². The van der Waals surface area contributed by atoms with E-state index in [9.17, 15) is 22.4 Å². The molecule has 1 unspecified atom stereocenters. The van der Waals surface area contributed by atoms with Gasteiger partial charge in [-0.3, -0.25) is 9.59 Å². The smallest absolute Gasteiger partial charge is 0.241 e. The molecule has 2 aliphatic rings. The predicted molar refractivity (Wildman–Crippen MR) is 112 cm³/mol. The van der Waals surface area contributed by atoms with Crippen LogP contribution >= 0.6 is 0 Å². The molecule has 7 nitrogen and oxygen atoms in total.